The Morgan fingerprint density at radius 3 is 2.72 bits per heavy atom. The van der Waals surface area contributed by atoms with Gasteiger partial charge in [-0.25, -0.2) is 9.97 Å². The van der Waals surface area contributed by atoms with Crippen molar-refractivity contribution < 1.29 is 0 Å². The van der Waals surface area contributed by atoms with E-state index in [9.17, 15) is 5.26 Å². The standard InChI is InChI=1S/C22H15N7/c23-11-13-2-1-3-14(8-13)19-20(29-7-6-26-22(29)21(25)28-19)15-4-5-18-16(9-15)10-17(24)12-27-18/h1-10,12H,24H2,(H2,25,28). The molecule has 3 heterocycles. The smallest absolute Gasteiger partial charge is 0.180 e. The Balaban J connectivity index is 1.86. The fourth-order valence-corrected chi connectivity index (χ4v) is 3.52. The Kier molecular flexibility index (Phi) is 3.64. The number of pyridine rings is 1. The first-order chi connectivity index (χ1) is 14.1. The third-order valence-electron chi connectivity index (χ3n) is 4.81. The highest BCUT2D eigenvalue weighted by Gasteiger charge is 2.17. The number of hydrogen-bond donors (Lipinski definition) is 2. The Hall–Kier alpha value is -4.44. The van der Waals surface area contributed by atoms with Gasteiger partial charge in [0.25, 0.3) is 0 Å². The summed E-state index contributed by atoms with van der Waals surface area (Å²) in [7, 11) is 0. The number of nitrogen functional groups attached to an aromatic ring is 2. The minimum Gasteiger partial charge on any atom is -0.397 e. The van der Waals surface area contributed by atoms with Crippen molar-refractivity contribution in [3.05, 3.63) is 72.7 Å². The van der Waals surface area contributed by atoms with Gasteiger partial charge in [-0.1, -0.05) is 18.2 Å². The van der Waals surface area contributed by atoms with Crippen LogP contribution in [-0.4, -0.2) is 19.4 Å². The molecule has 0 fully saturated rings. The SMILES string of the molecule is N#Cc1cccc(-c2nc(N)c3nccn3c2-c2ccc3ncc(N)cc3c2)c1. The van der Waals surface area contributed by atoms with Crippen LogP contribution in [0.15, 0.2) is 67.1 Å². The van der Waals surface area contributed by atoms with Crippen LogP contribution >= 0.6 is 0 Å². The van der Waals surface area contributed by atoms with Gasteiger partial charge in [0.2, 0.25) is 0 Å². The minimum atomic E-state index is 0.322. The lowest BCUT2D eigenvalue weighted by atomic mass is 10.0. The molecule has 0 bridgehead atoms. The van der Waals surface area contributed by atoms with Gasteiger partial charge < -0.3 is 11.5 Å². The first-order valence-corrected chi connectivity index (χ1v) is 8.93. The maximum absolute atomic E-state index is 9.30. The van der Waals surface area contributed by atoms with Crippen molar-refractivity contribution in [3.63, 3.8) is 0 Å². The summed E-state index contributed by atoms with van der Waals surface area (Å²) in [6, 6.07) is 17.3. The number of imidazole rings is 1. The molecule has 0 aliphatic rings. The van der Waals surface area contributed by atoms with Gasteiger partial charge >= 0.3 is 0 Å². The molecule has 3 aromatic heterocycles. The summed E-state index contributed by atoms with van der Waals surface area (Å²) >= 11 is 0. The molecule has 29 heavy (non-hydrogen) atoms. The van der Waals surface area contributed by atoms with Crippen LogP contribution in [0.3, 0.4) is 0 Å². The van der Waals surface area contributed by atoms with Gasteiger partial charge in [-0.15, -0.1) is 0 Å². The Morgan fingerprint density at radius 1 is 0.966 bits per heavy atom. The zero-order valence-electron chi connectivity index (χ0n) is 15.2. The summed E-state index contributed by atoms with van der Waals surface area (Å²) in [6.07, 6.45) is 5.18. The highest BCUT2D eigenvalue weighted by molar-refractivity contribution is 5.90. The summed E-state index contributed by atoms with van der Waals surface area (Å²) in [5, 5.41) is 10.2. The van der Waals surface area contributed by atoms with Crippen LogP contribution in [-0.2, 0) is 0 Å². The normalized spacial score (nSPS) is 11.0. The maximum Gasteiger partial charge on any atom is 0.180 e. The molecular formula is C22H15N7. The first-order valence-electron chi connectivity index (χ1n) is 8.93. The van der Waals surface area contributed by atoms with Crippen LogP contribution in [0, 0.1) is 11.3 Å². The Bertz CT molecular complexity index is 1440. The lowest BCUT2D eigenvalue weighted by molar-refractivity contribution is 1.14. The van der Waals surface area contributed by atoms with Crippen molar-refractivity contribution in [2.75, 3.05) is 11.5 Å². The van der Waals surface area contributed by atoms with Crippen molar-refractivity contribution in [2.45, 2.75) is 0 Å². The number of aromatic nitrogens is 4. The van der Waals surface area contributed by atoms with Crippen molar-refractivity contribution in [3.8, 4) is 28.6 Å². The molecule has 0 atom stereocenters. The van der Waals surface area contributed by atoms with E-state index in [1.54, 1.807) is 24.5 Å². The van der Waals surface area contributed by atoms with E-state index >= 15 is 0 Å². The number of nitrogens with two attached hydrogens (primary N) is 2. The summed E-state index contributed by atoms with van der Waals surface area (Å²) in [5.74, 6) is 0.322. The third-order valence-corrected chi connectivity index (χ3v) is 4.81. The van der Waals surface area contributed by atoms with Crippen molar-refractivity contribution >= 4 is 28.1 Å². The average Bonchev–Trinajstić information content (AvgIpc) is 3.23. The molecule has 0 spiro atoms. The molecule has 0 aliphatic carbocycles. The average molecular weight is 377 g/mol. The lowest BCUT2D eigenvalue weighted by Crippen LogP contribution is -2.04. The number of nitrogens with zero attached hydrogens (tertiary/aromatic N) is 5. The number of hydrogen-bond acceptors (Lipinski definition) is 6. The molecule has 0 aliphatic heterocycles. The van der Waals surface area contributed by atoms with Crippen molar-refractivity contribution in [1.29, 1.82) is 5.26 Å². The van der Waals surface area contributed by atoms with E-state index in [0.29, 0.717) is 28.4 Å². The highest BCUT2D eigenvalue weighted by atomic mass is 15.1. The van der Waals surface area contributed by atoms with E-state index in [1.165, 1.54) is 0 Å². The lowest BCUT2D eigenvalue weighted by Gasteiger charge is -2.14. The van der Waals surface area contributed by atoms with Crippen LogP contribution in [0.25, 0.3) is 39.1 Å². The largest absolute Gasteiger partial charge is 0.397 e. The van der Waals surface area contributed by atoms with Crippen LogP contribution in [0.2, 0.25) is 0 Å². The summed E-state index contributed by atoms with van der Waals surface area (Å²) in [4.78, 5) is 13.3. The summed E-state index contributed by atoms with van der Waals surface area (Å²) in [6.45, 7) is 0. The van der Waals surface area contributed by atoms with Crippen molar-refractivity contribution in [2.24, 2.45) is 0 Å². The van der Waals surface area contributed by atoms with Crippen LogP contribution < -0.4 is 11.5 Å². The van der Waals surface area contributed by atoms with Gasteiger partial charge in [0.15, 0.2) is 11.5 Å². The molecule has 5 aromatic rings. The summed E-state index contributed by atoms with van der Waals surface area (Å²) < 4.78 is 1.91. The second-order valence-corrected chi connectivity index (χ2v) is 6.68. The minimum absolute atomic E-state index is 0.322. The zero-order valence-corrected chi connectivity index (χ0v) is 15.2. The molecule has 0 radical (unpaired) electrons. The van der Waals surface area contributed by atoms with Gasteiger partial charge in [0, 0.05) is 28.9 Å². The number of nitriles is 1. The van der Waals surface area contributed by atoms with E-state index < -0.39 is 0 Å². The Morgan fingerprint density at radius 2 is 1.86 bits per heavy atom. The molecule has 4 N–H and O–H groups in total. The van der Waals surface area contributed by atoms with E-state index in [1.807, 2.05) is 47.0 Å². The van der Waals surface area contributed by atoms with E-state index in [4.69, 9.17) is 11.5 Å². The van der Waals surface area contributed by atoms with Gasteiger partial charge in [0.05, 0.1) is 40.4 Å². The fraction of sp³-hybridized carbons (Fsp3) is 0. The van der Waals surface area contributed by atoms with Gasteiger partial charge in [-0.3, -0.25) is 9.38 Å². The molecule has 0 unspecified atom stereocenters. The van der Waals surface area contributed by atoms with Crippen molar-refractivity contribution in [1.82, 2.24) is 19.4 Å². The third kappa shape index (κ3) is 2.71. The highest BCUT2D eigenvalue weighted by Crippen LogP contribution is 2.34. The number of anilines is 2. The van der Waals surface area contributed by atoms with Gasteiger partial charge in [0.1, 0.15) is 0 Å². The second-order valence-electron chi connectivity index (χ2n) is 6.68. The first kappa shape index (κ1) is 16.7. The van der Waals surface area contributed by atoms with Crippen LogP contribution in [0.5, 0.6) is 0 Å². The molecule has 7 heteroatoms. The molecule has 0 saturated carbocycles. The van der Waals surface area contributed by atoms with Gasteiger partial charge in [-0.05, 0) is 30.3 Å². The van der Waals surface area contributed by atoms with Crippen LogP contribution in [0.1, 0.15) is 5.56 Å². The summed E-state index contributed by atoms with van der Waals surface area (Å²) in [5.41, 5.74) is 17.9. The number of benzene rings is 2. The van der Waals surface area contributed by atoms with E-state index in [0.717, 1.165) is 27.7 Å². The Labute approximate surface area is 165 Å². The molecule has 5 rings (SSSR count). The van der Waals surface area contributed by atoms with E-state index in [2.05, 4.69) is 21.0 Å². The predicted octanol–water partition coefficient (Wildman–Crippen LogP) is 3.65. The van der Waals surface area contributed by atoms with Crippen LogP contribution in [0.4, 0.5) is 11.5 Å². The zero-order chi connectivity index (χ0) is 20.0. The molecular weight excluding hydrogens is 362 g/mol. The molecule has 0 amide bonds. The maximum atomic E-state index is 9.30. The second kappa shape index (κ2) is 6.32. The number of rotatable bonds is 2. The van der Waals surface area contributed by atoms with Gasteiger partial charge in [-0.2, -0.15) is 5.26 Å². The number of fused-ring (bicyclic) bond motifs is 2. The quantitative estimate of drug-likeness (QED) is 0.485. The molecule has 0 saturated heterocycles. The monoisotopic (exact) mass is 377 g/mol. The van der Waals surface area contributed by atoms with E-state index in [-0.39, 0.29) is 0 Å². The fourth-order valence-electron chi connectivity index (χ4n) is 3.52. The molecule has 138 valence electrons. The predicted molar refractivity (Wildman–Crippen MR) is 113 cm³/mol. The molecule has 2 aromatic carbocycles. The topological polar surface area (TPSA) is 119 Å². The molecule has 7 nitrogen and oxygen atoms in total.